The lowest BCUT2D eigenvalue weighted by Crippen LogP contribution is -2.54. The van der Waals surface area contributed by atoms with E-state index in [1.807, 2.05) is 70.3 Å². The van der Waals surface area contributed by atoms with Crippen molar-refractivity contribution in [3.63, 3.8) is 0 Å². The first kappa shape index (κ1) is 47.8. The maximum Gasteiger partial charge on any atom is 0.319 e. The Bertz CT molecular complexity index is 2810. The second-order valence-corrected chi connectivity index (χ2v) is 19.9. The van der Waals surface area contributed by atoms with E-state index in [0.29, 0.717) is 78.1 Å². The minimum atomic E-state index is -0.493. The summed E-state index contributed by atoms with van der Waals surface area (Å²) in [5, 5.41) is 11.8. The summed E-state index contributed by atoms with van der Waals surface area (Å²) in [5.41, 5.74) is 7.17. The normalized spacial score (nSPS) is 14.5. The van der Waals surface area contributed by atoms with Gasteiger partial charge in [-0.2, -0.15) is 5.26 Å². The van der Waals surface area contributed by atoms with Crippen LogP contribution in [0.1, 0.15) is 56.9 Å². The van der Waals surface area contributed by atoms with Crippen LogP contribution in [0, 0.1) is 29.0 Å². The summed E-state index contributed by atoms with van der Waals surface area (Å²) in [6, 6.07) is 22.7. The van der Waals surface area contributed by atoms with Crippen molar-refractivity contribution in [3.05, 3.63) is 112 Å². The Morgan fingerprint density at radius 3 is 1.93 bits per heavy atom. The second kappa shape index (κ2) is 21.1. The molecule has 15 heteroatoms. The van der Waals surface area contributed by atoms with E-state index in [1.165, 1.54) is 34.6 Å². The Morgan fingerprint density at radius 2 is 1.36 bits per heavy atom. The lowest BCUT2D eigenvalue weighted by atomic mass is 9.94. The zero-order valence-electron chi connectivity index (χ0n) is 38.4. The highest BCUT2D eigenvalue weighted by molar-refractivity contribution is 7.18. The van der Waals surface area contributed by atoms with Gasteiger partial charge in [-0.3, -0.25) is 9.59 Å². The summed E-state index contributed by atoms with van der Waals surface area (Å²) in [7, 11) is 1.57. The van der Waals surface area contributed by atoms with Crippen molar-refractivity contribution in [1.82, 2.24) is 19.8 Å². The van der Waals surface area contributed by atoms with E-state index < -0.39 is 17.9 Å². The maximum absolute atomic E-state index is 15.1. The van der Waals surface area contributed by atoms with Crippen molar-refractivity contribution in [3.8, 4) is 65.3 Å². The molecule has 348 valence electrons. The van der Waals surface area contributed by atoms with Gasteiger partial charge in [0.25, 0.3) is 0 Å². The van der Waals surface area contributed by atoms with Crippen LogP contribution in [0.25, 0.3) is 42.0 Å². The number of nitrogens with zero attached hydrogens (tertiary/aromatic N) is 5. The molecule has 0 spiro atoms. The van der Waals surface area contributed by atoms with E-state index in [0.717, 1.165) is 55.8 Å². The Hall–Kier alpha value is -5.69. The van der Waals surface area contributed by atoms with Crippen molar-refractivity contribution in [2.45, 2.75) is 66.1 Å². The number of hydrogen-bond acceptors (Lipinski definition) is 13. The number of benzene rings is 4. The molecule has 0 bridgehead atoms. The van der Waals surface area contributed by atoms with Gasteiger partial charge in [-0.05, 0) is 118 Å². The summed E-state index contributed by atoms with van der Waals surface area (Å²) in [6.45, 7) is 13.3. The Kier molecular flexibility index (Phi) is 15.0. The summed E-state index contributed by atoms with van der Waals surface area (Å²) in [5.74, 6) is -0.335. The molecule has 8 rings (SSSR count). The number of methoxy groups -OCH3 is 1. The molecule has 6 aromatic rings. The molecule has 0 amide bonds. The molecular weight excluding hydrogens is 909 g/mol. The van der Waals surface area contributed by atoms with Crippen LogP contribution in [0.3, 0.4) is 0 Å². The Labute approximate surface area is 404 Å². The molecule has 2 saturated heterocycles. The highest BCUT2D eigenvalue weighted by atomic mass is 35.5. The van der Waals surface area contributed by atoms with Crippen molar-refractivity contribution in [1.29, 1.82) is 5.26 Å². The number of halogens is 2. The molecule has 2 fully saturated rings. The van der Waals surface area contributed by atoms with Crippen LogP contribution in [0.2, 0.25) is 5.02 Å². The maximum atomic E-state index is 15.1. The lowest BCUT2D eigenvalue weighted by molar-refractivity contribution is -0.172. The van der Waals surface area contributed by atoms with Gasteiger partial charge >= 0.3 is 11.9 Å². The van der Waals surface area contributed by atoms with Crippen molar-refractivity contribution in [2.75, 3.05) is 46.4 Å². The van der Waals surface area contributed by atoms with Crippen LogP contribution in [0.15, 0.2) is 79.1 Å². The molecule has 0 saturated carbocycles. The van der Waals surface area contributed by atoms with Crippen LogP contribution < -0.4 is 14.2 Å². The SMILES string of the molecule is CCc1c(CCN2CC(C(=O)OC(=O)C3CN(CCc4cc(F)cc(-c5cnc(-c6ccc(OC(C)C)c(Cl)c6)s5)c4OC)C3)C2)cccc1-c1cnc(-c2ccc(OC(C)C)c(C#N)c2)s1. The number of hydrogen-bond donors (Lipinski definition) is 0. The molecule has 2 aliphatic rings. The minimum absolute atomic E-state index is 0.0101. The lowest BCUT2D eigenvalue weighted by Gasteiger charge is -2.39. The third-order valence-electron chi connectivity index (χ3n) is 11.9. The van der Waals surface area contributed by atoms with Gasteiger partial charge in [-0.25, -0.2) is 14.4 Å². The van der Waals surface area contributed by atoms with E-state index >= 15 is 4.39 Å². The van der Waals surface area contributed by atoms with Crippen LogP contribution in [0.4, 0.5) is 4.39 Å². The van der Waals surface area contributed by atoms with E-state index in [2.05, 4.69) is 46.0 Å². The fourth-order valence-electron chi connectivity index (χ4n) is 8.56. The van der Waals surface area contributed by atoms with Gasteiger partial charge in [0.1, 0.15) is 39.2 Å². The number of nitriles is 1. The number of esters is 2. The zero-order valence-corrected chi connectivity index (χ0v) is 40.8. The highest BCUT2D eigenvalue weighted by Gasteiger charge is 2.39. The summed E-state index contributed by atoms with van der Waals surface area (Å²) >= 11 is 9.51. The largest absolute Gasteiger partial charge is 0.496 e. The number of carbonyl (C=O) groups is 2. The van der Waals surface area contributed by atoms with Crippen LogP contribution in [-0.2, 0) is 33.6 Å². The van der Waals surface area contributed by atoms with Crippen LogP contribution in [-0.4, -0.2) is 90.3 Å². The molecule has 0 N–H and O–H groups in total. The first-order chi connectivity index (χ1) is 32.3. The zero-order chi connectivity index (χ0) is 47.4. The van der Waals surface area contributed by atoms with E-state index in [4.69, 9.17) is 35.5 Å². The number of aromatic nitrogens is 2. The Balaban J connectivity index is 0.793. The van der Waals surface area contributed by atoms with E-state index in [9.17, 15) is 14.9 Å². The van der Waals surface area contributed by atoms with Gasteiger partial charge in [-0.1, -0.05) is 36.7 Å². The van der Waals surface area contributed by atoms with Gasteiger partial charge in [-0.15, -0.1) is 22.7 Å². The van der Waals surface area contributed by atoms with Gasteiger partial charge < -0.3 is 28.7 Å². The standard InChI is InChI=1S/C52H53ClFN5O6S2/c1-7-40-32(9-8-10-41(40)46-24-56-49(66-46)34-11-13-44(63-30(2)3)36(19-34)23-55)15-17-58-26-37(27-58)51(60)65-52(61)38-28-59(29-38)18-16-33-20-39(54)22-42(48(33)62-6)47-25-57-50(67-47)35-12-14-45(43(53)21-35)64-31(4)5/h8-14,19-22,24-25,30-31,37-38H,7,15-18,26-29H2,1-6H3. The monoisotopic (exact) mass is 961 g/mol. The number of likely N-dealkylation sites (tertiary alicyclic amines) is 2. The molecule has 0 unspecified atom stereocenters. The molecule has 0 aliphatic carbocycles. The molecule has 0 radical (unpaired) electrons. The summed E-state index contributed by atoms with van der Waals surface area (Å²) in [4.78, 5) is 41.5. The van der Waals surface area contributed by atoms with Crippen LogP contribution >= 0.6 is 34.3 Å². The van der Waals surface area contributed by atoms with Crippen molar-refractivity contribution < 1.29 is 32.9 Å². The molecule has 67 heavy (non-hydrogen) atoms. The Morgan fingerprint density at radius 1 is 0.791 bits per heavy atom. The molecule has 2 aromatic heterocycles. The predicted molar refractivity (Wildman–Crippen MR) is 261 cm³/mol. The van der Waals surface area contributed by atoms with E-state index in [1.54, 1.807) is 24.6 Å². The number of thiazole rings is 2. The van der Waals surface area contributed by atoms with E-state index in [-0.39, 0.29) is 23.9 Å². The van der Waals surface area contributed by atoms with Crippen LogP contribution in [0.5, 0.6) is 17.2 Å². The third kappa shape index (κ3) is 11.0. The second-order valence-electron chi connectivity index (χ2n) is 17.5. The third-order valence-corrected chi connectivity index (χ3v) is 14.4. The van der Waals surface area contributed by atoms with Gasteiger partial charge in [0, 0.05) is 68.4 Å². The molecule has 4 heterocycles. The topological polar surface area (TPSA) is 127 Å². The smallest absolute Gasteiger partial charge is 0.319 e. The first-order valence-corrected chi connectivity index (χ1v) is 24.6. The average Bonchev–Trinajstić information content (AvgIpc) is 3.97. The van der Waals surface area contributed by atoms with Crippen molar-refractivity contribution >= 4 is 46.2 Å². The van der Waals surface area contributed by atoms with Gasteiger partial charge in [0.15, 0.2) is 0 Å². The molecule has 4 aromatic carbocycles. The van der Waals surface area contributed by atoms with Crippen molar-refractivity contribution in [2.24, 2.45) is 11.8 Å². The fraction of sp³-hybridized carbons (Fsp3) is 0.365. The number of ether oxygens (including phenoxy) is 4. The highest BCUT2D eigenvalue weighted by Crippen LogP contribution is 2.42. The predicted octanol–water partition coefficient (Wildman–Crippen LogP) is 10.8. The number of carbonyl (C=O) groups excluding carboxylic acids is 2. The number of rotatable bonds is 18. The summed E-state index contributed by atoms with van der Waals surface area (Å²) < 4.78 is 37.9. The first-order valence-electron chi connectivity index (χ1n) is 22.6. The summed E-state index contributed by atoms with van der Waals surface area (Å²) in [6.07, 6.45) is 5.74. The van der Waals surface area contributed by atoms with Gasteiger partial charge in [0.2, 0.25) is 0 Å². The minimum Gasteiger partial charge on any atom is -0.496 e. The molecular formula is C52H53ClFN5O6S2. The average molecular weight is 963 g/mol. The molecule has 11 nitrogen and oxygen atoms in total. The quantitative estimate of drug-likeness (QED) is 0.0603. The van der Waals surface area contributed by atoms with Gasteiger partial charge in [0.05, 0.1) is 51.5 Å². The molecule has 0 atom stereocenters. The fourth-order valence-corrected chi connectivity index (χ4v) is 10.7. The molecule has 2 aliphatic heterocycles.